The number of rotatable bonds is 4. The first kappa shape index (κ1) is 10.5. The molecule has 0 radical (unpaired) electrons. The normalized spacial score (nSPS) is 9.93. The maximum absolute atomic E-state index is 11.1. The van der Waals surface area contributed by atoms with Gasteiger partial charge in [0.05, 0.1) is 0 Å². The van der Waals surface area contributed by atoms with Crippen LogP contribution in [0.15, 0.2) is 30.3 Å². The Labute approximate surface area is 83.4 Å². The molecule has 1 aromatic carbocycles. The maximum atomic E-state index is 11.1. The third-order valence-electron chi connectivity index (χ3n) is 1.46. The number of nitrogens with one attached hydrogen (secondary N) is 1. The standard InChI is InChI=1S/C10H14N2O2/c1-12(2)11-10(13)8-14-9-6-4-3-5-7-9/h3-7H,8H2,1-2H3,(H,11,13). The van der Waals surface area contributed by atoms with Crippen LogP contribution in [0.4, 0.5) is 0 Å². The number of hydrazine groups is 1. The minimum Gasteiger partial charge on any atom is -0.484 e. The second kappa shape index (κ2) is 5.24. The molecule has 0 saturated carbocycles. The molecule has 0 aromatic heterocycles. The van der Waals surface area contributed by atoms with Gasteiger partial charge in [-0.2, -0.15) is 0 Å². The summed E-state index contributed by atoms with van der Waals surface area (Å²) < 4.78 is 5.23. The van der Waals surface area contributed by atoms with E-state index in [1.165, 1.54) is 0 Å². The molecule has 0 spiro atoms. The van der Waals surface area contributed by atoms with Gasteiger partial charge in [-0.25, -0.2) is 5.01 Å². The molecule has 0 atom stereocenters. The van der Waals surface area contributed by atoms with E-state index in [4.69, 9.17) is 4.74 Å². The summed E-state index contributed by atoms with van der Waals surface area (Å²) in [6.07, 6.45) is 0. The topological polar surface area (TPSA) is 41.6 Å². The van der Waals surface area contributed by atoms with Gasteiger partial charge in [0.15, 0.2) is 6.61 Å². The van der Waals surface area contributed by atoms with E-state index < -0.39 is 0 Å². The van der Waals surface area contributed by atoms with Crippen molar-refractivity contribution in [2.75, 3.05) is 20.7 Å². The van der Waals surface area contributed by atoms with E-state index in [1.807, 2.05) is 30.3 Å². The molecule has 76 valence electrons. The summed E-state index contributed by atoms with van der Waals surface area (Å²) in [7, 11) is 3.50. The largest absolute Gasteiger partial charge is 0.484 e. The number of hydrogen-bond acceptors (Lipinski definition) is 3. The molecule has 4 nitrogen and oxygen atoms in total. The summed E-state index contributed by atoms with van der Waals surface area (Å²) in [5.41, 5.74) is 2.58. The molecule has 1 amide bonds. The smallest absolute Gasteiger partial charge is 0.272 e. The fraction of sp³-hybridized carbons (Fsp3) is 0.300. The van der Waals surface area contributed by atoms with E-state index in [0.717, 1.165) is 0 Å². The molecule has 1 rings (SSSR count). The van der Waals surface area contributed by atoms with Gasteiger partial charge in [-0.3, -0.25) is 10.2 Å². The maximum Gasteiger partial charge on any atom is 0.272 e. The molecule has 0 aliphatic heterocycles. The van der Waals surface area contributed by atoms with Gasteiger partial charge >= 0.3 is 0 Å². The molecule has 0 aliphatic rings. The van der Waals surface area contributed by atoms with Crippen molar-refractivity contribution in [2.45, 2.75) is 0 Å². The van der Waals surface area contributed by atoms with E-state index in [1.54, 1.807) is 19.1 Å². The van der Waals surface area contributed by atoms with Gasteiger partial charge in [0.2, 0.25) is 0 Å². The summed E-state index contributed by atoms with van der Waals surface area (Å²) in [5, 5.41) is 1.58. The number of carbonyl (C=O) groups excluding carboxylic acids is 1. The monoisotopic (exact) mass is 194 g/mol. The summed E-state index contributed by atoms with van der Waals surface area (Å²) in [5.74, 6) is 0.528. The highest BCUT2D eigenvalue weighted by molar-refractivity contribution is 5.76. The molecule has 0 fully saturated rings. The summed E-state index contributed by atoms with van der Waals surface area (Å²) >= 11 is 0. The van der Waals surface area contributed by atoms with Gasteiger partial charge in [0, 0.05) is 14.1 Å². The van der Waals surface area contributed by atoms with E-state index in [0.29, 0.717) is 5.75 Å². The van der Waals surface area contributed by atoms with Crippen LogP contribution in [0.5, 0.6) is 5.75 Å². The van der Waals surface area contributed by atoms with Crippen LogP contribution in [0.3, 0.4) is 0 Å². The highest BCUT2D eigenvalue weighted by Crippen LogP contribution is 2.07. The van der Waals surface area contributed by atoms with Gasteiger partial charge in [-0.1, -0.05) is 18.2 Å². The lowest BCUT2D eigenvalue weighted by Gasteiger charge is -2.12. The second-order valence-corrected chi connectivity index (χ2v) is 3.03. The van der Waals surface area contributed by atoms with Gasteiger partial charge in [0.25, 0.3) is 5.91 Å². The Bertz CT molecular complexity index is 285. The van der Waals surface area contributed by atoms with Crippen LogP contribution in [0.1, 0.15) is 0 Å². The zero-order valence-corrected chi connectivity index (χ0v) is 8.36. The SMILES string of the molecule is CN(C)NC(=O)COc1ccccc1. The molecule has 1 N–H and O–H groups in total. The summed E-state index contributed by atoms with van der Waals surface area (Å²) in [6, 6.07) is 9.23. The lowest BCUT2D eigenvalue weighted by atomic mass is 10.3. The van der Waals surface area contributed by atoms with Crippen molar-refractivity contribution in [2.24, 2.45) is 0 Å². The van der Waals surface area contributed by atoms with E-state index in [-0.39, 0.29) is 12.5 Å². The zero-order valence-electron chi connectivity index (χ0n) is 8.36. The van der Waals surface area contributed by atoms with Crippen molar-refractivity contribution in [3.05, 3.63) is 30.3 Å². The molecule has 1 aromatic rings. The first-order valence-corrected chi connectivity index (χ1v) is 4.33. The lowest BCUT2D eigenvalue weighted by Crippen LogP contribution is -2.39. The predicted molar refractivity (Wildman–Crippen MR) is 53.8 cm³/mol. The van der Waals surface area contributed by atoms with E-state index >= 15 is 0 Å². The third-order valence-corrected chi connectivity index (χ3v) is 1.46. The third kappa shape index (κ3) is 3.91. The van der Waals surface area contributed by atoms with Gasteiger partial charge in [-0.15, -0.1) is 0 Å². The lowest BCUT2D eigenvalue weighted by molar-refractivity contribution is -0.126. The molecule has 0 bridgehead atoms. The van der Waals surface area contributed by atoms with E-state index in [2.05, 4.69) is 5.43 Å². The van der Waals surface area contributed by atoms with Crippen molar-refractivity contribution in [3.63, 3.8) is 0 Å². The van der Waals surface area contributed by atoms with Gasteiger partial charge < -0.3 is 4.74 Å². The van der Waals surface area contributed by atoms with Crippen LogP contribution in [-0.4, -0.2) is 31.6 Å². The van der Waals surface area contributed by atoms with E-state index in [9.17, 15) is 4.79 Å². The first-order valence-electron chi connectivity index (χ1n) is 4.33. The zero-order chi connectivity index (χ0) is 10.4. The minimum atomic E-state index is -0.168. The van der Waals surface area contributed by atoms with Crippen molar-refractivity contribution in [1.82, 2.24) is 10.4 Å². The average Bonchev–Trinajstić information content (AvgIpc) is 2.15. The first-order chi connectivity index (χ1) is 6.68. The molecular formula is C10H14N2O2. The summed E-state index contributed by atoms with van der Waals surface area (Å²) in [4.78, 5) is 11.1. The average molecular weight is 194 g/mol. The number of carbonyl (C=O) groups is 1. The fourth-order valence-electron chi connectivity index (χ4n) is 0.947. The number of amides is 1. The molecule has 0 unspecified atom stereocenters. The van der Waals surface area contributed by atoms with Crippen molar-refractivity contribution in [3.8, 4) is 5.75 Å². The molecule has 0 heterocycles. The Morgan fingerprint density at radius 3 is 2.57 bits per heavy atom. The van der Waals surface area contributed by atoms with Crippen molar-refractivity contribution < 1.29 is 9.53 Å². The minimum absolute atomic E-state index is 0.0300. The van der Waals surface area contributed by atoms with Crippen molar-refractivity contribution in [1.29, 1.82) is 0 Å². The highest BCUT2D eigenvalue weighted by atomic mass is 16.5. The Kier molecular flexibility index (Phi) is 3.94. The molecule has 4 heteroatoms. The molecule has 0 saturated heterocycles. The number of benzene rings is 1. The van der Waals surface area contributed by atoms with Gasteiger partial charge in [0.1, 0.15) is 5.75 Å². The number of nitrogens with zero attached hydrogens (tertiary/aromatic N) is 1. The highest BCUT2D eigenvalue weighted by Gasteiger charge is 2.02. The molecular weight excluding hydrogens is 180 g/mol. The van der Waals surface area contributed by atoms with Crippen LogP contribution >= 0.6 is 0 Å². The van der Waals surface area contributed by atoms with Crippen LogP contribution < -0.4 is 10.2 Å². The predicted octanol–water partition coefficient (Wildman–Crippen LogP) is 0.658. The summed E-state index contributed by atoms with van der Waals surface area (Å²) in [6.45, 7) is 0.0300. The quantitative estimate of drug-likeness (QED) is 0.716. The number of hydrogen-bond donors (Lipinski definition) is 1. The van der Waals surface area contributed by atoms with Crippen LogP contribution in [0, 0.1) is 0 Å². The van der Waals surface area contributed by atoms with Crippen molar-refractivity contribution >= 4 is 5.91 Å². The van der Waals surface area contributed by atoms with Crippen LogP contribution in [0.2, 0.25) is 0 Å². The number of para-hydroxylation sites is 1. The molecule has 14 heavy (non-hydrogen) atoms. The van der Waals surface area contributed by atoms with Crippen LogP contribution in [0.25, 0.3) is 0 Å². The van der Waals surface area contributed by atoms with Crippen LogP contribution in [-0.2, 0) is 4.79 Å². The fourth-order valence-corrected chi connectivity index (χ4v) is 0.947. The second-order valence-electron chi connectivity index (χ2n) is 3.03. The Morgan fingerprint density at radius 2 is 2.00 bits per heavy atom. The Morgan fingerprint density at radius 1 is 1.36 bits per heavy atom. The Hall–Kier alpha value is -1.55. The molecule has 0 aliphatic carbocycles. The number of ether oxygens (including phenoxy) is 1. The Balaban J connectivity index is 2.31. The van der Waals surface area contributed by atoms with Gasteiger partial charge in [-0.05, 0) is 12.1 Å².